The molecule has 1 unspecified atom stereocenters. The van der Waals surface area contributed by atoms with Gasteiger partial charge in [0.2, 0.25) is 5.91 Å². The molecule has 5 nitrogen and oxygen atoms in total. The second-order valence-electron chi connectivity index (χ2n) is 6.15. The largest absolute Gasteiger partial charge is 0.462 e. The average Bonchev–Trinajstić information content (AvgIpc) is 2.58. The Labute approximate surface area is 138 Å². The fraction of sp³-hybridized carbons (Fsp3) is 0.556. The van der Waals surface area contributed by atoms with E-state index in [1.807, 2.05) is 11.8 Å². The number of carbonyl (C=O) groups excluding carboxylic acids is 2. The molecule has 0 saturated carbocycles. The van der Waals surface area contributed by atoms with Gasteiger partial charge in [0.05, 0.1) is 18.7 Å². The van der Waals surface area contributed by atoms with Gasteiger partial charge in [0.25, 0.3) is 0 Å². The number of carbonyl (C=O) groups is 2. The van der Waals surface area contributed by atoms with Crippen molar-refractivity contribution in [2.45, 2.75) is 33.1 Å². The van der Waals surface area contributed by atoms with Crippen LogP contribution in [0, 0.1) is 5.92 Å². The molecule has 1 fully saturated rings. The van der Waals surface area contributed by atoms with E-state index >= 15 is 0 Å². The lowest BCUT2D eigenvalue weighted by atomic mass is 10.0. The van der Waals surface area contributed by atoms with Gasteiger partial charge in [0.1, 0.15) is 0 Å². The van der Waals surface area contributed by atoms with E-state index in [2.05, 4.69) is 12.2 Å². The number of hydrogen-bond acceptors (Lipinski definition) is 4. The molecule has 1 saturated heterocycles. The Morgan fingerprint density at radius 2 is 2.04 bits per heavy atom. The SMILES string of the molecule is CCCOC(=O)c1ccc(NCC(=O)N2CCCC(C)C2)cc1. The highest BCUT2D eigenvalue weighted by molar-refractivity contribution is 5.90. The van der Waals surface area contributed by atoms with E-state index in [1.165, 1.54) is 6.42 Å². The molecule has 0 radical (unpaired) electrons. The first-order valence-electron chi connectivity index (χ1n) is 8.39. The van der Waals surface area contributed by atoms with Crippen LogP contribution in [0.25, 0.3) is 0 Å². The van der Waals surface area contributed by atoms with Crippen molar-refractivity contribution in [1.82, 2.24) is 4.90 Å². The summed E-state index contributed by atoms with van der Waals surface area (Å²) in [6.07, 6.45) is 3.09. The number of esters is 1. The average molecular weight is 318 g/mol. The molecule has 0 aliphatic carbocycles. The number of anilines is 1. The lowest BCUT2D eigenvalue weighted by Gasteiger charge is -2.31. The van der Waals surface area contributed by atoms with Gasteiger partial charge in [0, 0.05) is 18.8 Å². The van der Waals surface area contributed by atoms with Crippen LogP contribution in [-0.2, 0) is 9.53 Å². The number of hydrogen-bond donors (Lipinski definition) is 1. The Balaban J connectivity index is 1.81. The van der Waals surface area contributed by atoms with Gasteiger partial charge in [-0.15, -0.1) is 0 Å². The first-order valence-corrected chi connectivity index (χ1v) is 8.39. The zero-order chi connectivity index (χ0) is 16.7. The summed E-state index contributed by atoms with van der Waals surface area (Å²) >= 11 is 0. The van der Waals surface area contributed by atoms with Crippen molar-refractivity contribution in [3.05, 3.63) is 29.8 Å². The van der Waals surface area contributed by atoms with Crippen LogP contribution in [0.3, 0.4) is 0 Å². The smallest absolute Gasteiger partial charge is 0.338 e. The Morgan fingerprint density at radius 3 is 2.70 bits per heavy atom. The molecule has 2 rings (SSSR count). The molecule has 1 aliphatic rings. The molecule has 1 amide bonds. The van der Waals surface area contributed by atoms with Gasteiger partial charge < -0.3 is 15.0 Å². The van der Waals surface area contributed by atoms with Gasteiger partial charge in [-0.3, -0.25) is 4.79 Å². The minimum Gasteiger partial charge on any atom is -0.462 e. The van der Waals surface area contributed by atoms with Crippen molar-refractivity contribution < 1.29 is 14.3 Å². The van der Waals surface area contributed by atoms with Gasteiger partial charge in [-0.2, -0.15) is 0 Å². The van der Waals surface area contributed by atoms with Crippen molar-refractivity contribution in [2.75, 3.05) is 31.6 Å². The Kier molecular flexibility index (Phi) is 6.44. The normalized spacial score (nSPS) is 17.7. The maximum absolute atomic E-state index is 12.2. The highest BCUT2D eigenvalue weighted by atomic mass is 16.5. The van der Waals surface area contributed by atoms with Crippen molar-refractivity contribution >= 4 is 17.6 Å². The zero-order valence-electron chi connectivity index (χ0n) is 14.0. The molecule has 23 heavy (non-hydrogen) atoms. The topological polar surface area (TPSA) is 58.6 Å². The van der Waals surface area contributed by atoms with E-state index in [0.717, 1.165) is 31.6 Å². The second-order valence-corrected chi connectivity index (χ2v) is 6.15. The molecule has 1 aromatic carbocycles. The zero-order valence-corrected chi connectivity index (χ0v) is 14.0. The summed E-state index contributed by atoms with van der Waals surface area (Å²) in [4.78, 5) is 25.8. The predicted octanol–water partition coefficient (Wildman–Crippen LogP) is 2.92. The van der Waals surface area contributed by atoms with Crippen LogP contribution in [0.2, 0.25) is 0 Å². The molecule has 126 valence electrons. The van der Waals surface area contributed by atoms with Gasteiger partial charge in [-0.25, -0.2) is 4.79 Å². The van der Waals surface area contributed by atoms with E-state index in [0.29, 0.717) is 18.1 Å². The van der Waals surface area contributed by atoms with Crippen LogP contribution in [-0.4, -0.2) is 43.0 Å². The Hall–Kier alpha value is -2.04. The molecule has 1 atom stereocenters. The van der Waals surface area contributed by atoms with Gasteiger partial charge in [-0.1, -0.05) is 13.8 Å². The van der Waals surface area contributed by atoms with Crippen molar-refractivity contribution in [3.8, 4) is 0 Å². The number of rotatable bonds is 6. The molecule has 1 aromatic rings. The summed E-state index contributed by atoms with van der Waals surface area (Å²) in [5, 5.41) is 3.12. The number of amides is 1. The summed E-state index contributed by atoms with van der Waals surface area (Å²) in [5.74, 6) is 0.404. The van der Waals surface area contributed by atoms with Crippen molar-refractivity contribution in [1.29, 1.82) is 0 Å². The number of ether oxygens (including phenoxy) is 1. The molecule has 5 heteroatoms. The second kappa shape index (κ2) is 8.56. The highest BCUT2D eigenvalue weighted by Gasteiger charge is 2.20. The summed E-state index contributed by atoms with van der Waals surface area (Å²) in [7, 11) is 0. The van der Waals surface area contributed by atoms with E-state index in [1.54, 1.807) is 24.3 Å². The number of benzene rings is 1. The number of piperidine rings is 1. The van der Waals surface area contributed by atoms with Gasteiger partial charge >= 0.3 is 5.97 Å². The van der Waals surface area contributed by atoms with Crippen LogP contribution in [0.5, 0.6) is 0 Å². The third kappa shape index (κ3) is 5.27. The molecule has 0 spiro atoms. The number of nitrogens with zero attached hydrogens (tertiary/aromatic N) is 1. The lowest BCUT2D eigenvalue weighted by Crippen LogP contribution is -2.41. The molecule has 1 heterocycles. The number of nitrogens with one attached hydrogen (secondary N) is 1. The fourth-order valence-electron chi connectivity index (χ4n) is 2.71. The summed E-state index contributed by atoms with van der Waals surface area (Å²) in [6.45, 7) is 6.56. The summed E-state index contributed by atoms with van der Waals surface area (Å²) in [6, 6.07) is 7.03. The minimum atomic E-state index is -0.309. The molecule has 0 bridgehead atoms. The quantitative estimate of drug-likeness (QED) is 0.819. The molecule has 1 N–H and O–H groups in total. The van der Waals surface area contributed by atoms with Crippen LogP contribution >= 0.6 is 0 Å². The van der Waals surface area contributed by atoms with Crippen LogP contribution in [0.4, 0.5) is 5.69 Å². The highest BCUT2D eigenvalue weighted by Crippen LogP contribution is 2.16. The molecule has 1 aliphatic heterocycles. The van der Waals surface area contributed by atoms with E-state index in [9.17, 15) is 9.59 Å². The third-order valence-corrected chi connectivity index (χ3v) is 4.01. The summed E-state index contributed by atoms with van der Waals surface area (Å²) < 4.78 is 5.08. The maximum Gasteiger partial charge on any atom is 0.338 e. The monoisotopic (exact) mass is 318 g/mol. The van der Waals surface area contributed by atoms with Crippen molar-refractivity contribution in [2.24, 2.45) is 5.92 Å². The Morgan fingerprint density at radius 1 is 1.30 bits per heavy atom. The van der Waals surface area contributed by atoms with Crippen LogP contribution < -0.4 is 5.32 Å². The minimum absolute atomic E-state index is 0.128. The number of likely N-dealkylation sites (tertiary alicyclic amines) is 1. The van der Waals surface area contributed by atoms with E-state index in [-0.39, 0.29) is 18.4 Å². The van der Waals surface area contributed by atoms with Crippen LogP contribution in [0.1, 0.15) is 43.5 Å². The first-order chi connectivity index (χ1) is 11.1. The summed E-state index contributed by atoms with van der Waals surface area (Å²) in [5.41, 5.74) is 1.36. The van der Waals surface area contributed by atoms with Crippen LogP contribution in [0.15, 0.2) is 24.3 Å². The third-order valence-electron chi connectivity index (χ3n) is 4.01. The van der Waals surface area contributed by atoms with Crippen molar-refractivity contribution in [3.63, 3.8) is 0 Å². The van der Waals surface area contributed by atoms with E-state index < -0.39 is 0 Å². The molecular formula is C18H26N2O3. The standard InChI is InChI=1S/C18H26N2O3/c1-3-11-23-18(22)15-6-8-16(9-7-15)19-12-17(21)20-10-4-5-14(2)13-20/h6-9,14,19H,3-5,10-13H2,1-2H3. The Bertz CT molecular complexity index is 528. The molecule has 0 aromatic heterocycles. The van der Waals surface area contributed by atoms with Gasteiger partial charge in [0.15, 0.2) is 0 Å². The van der Waals surface area contributed by atoms with E-state index in [4.69, 9.17) is 4.74 Å². The maximum atomic E-state index is 12.2. The lowest BCUT2D eigenvalue weighted by molar-refractivity contribution is -0.130. The first kappa shape index (κ1) is 17.3. The predicted molar refractivity (Wildman–Crippen MR) is 90.5 cm³/mol. The van der Waals surface area contributed by atoms with Gasteiger partial charge in [-0.05, 0) is 49.4 Å². The molecular weight excluding hydrogens is 292 g/mol. The fourth-order valence-corrected chi connectivity index (χ4v) is 2.71.